The van der Waals surface area contributed by atoms with Gasteiger partial charge in [-0.15, -0.1) is 0 Å². The van der Waals surface area contributed by atoms with Crippen LogP contribution >= 0.6 is 11.6 Å². The van der Waals surface area contributed by atoms with Gasteiger partial charge in [0.15, 0.2) is 0 Å². The van der Waals surface area contributed by atoms with Crippen molar-refractivity contribution in [1.82, 2.24) is 0 Å². The molecule has 4 nitrogen and oxygen atoms in total. The number of carbonyl (C=O) groups excluding carboxylic acids is 1. The smallest absolute Gasteiger partial charge is 0.250 e. The van der Waals surface area contributed by atoms with Crippen LogP contribution in [0.5, 0.6) is 0 Å². The van der Waals surface area contributed by atoms with Crippen LogP contribution in [0.15, 0.2) is 42.5 Å². The molecule has 0 aliphatic heterocycles. The molecule has 0 unspecified atom stereocenters. The Morgan fingerprint density at radius 3 is 2.58 bits per heavy atom. The van der Waals surface area contributed by atoms with Crippen LogP contribution in [0, 0.1) is 0 Å². The fourth-order valence-corrected chi connectivity index (χ4v) is 1.99. The molecule has 2 aromatic rings. The Morgan fingerprint density at radius 1 is 1.21 bits per heavy atom. The van der Waals surface area contributed by atoms with Gasteiger partial charge in [-0.1, -0.05) is 29.8 Å². The number of nitrogens with two attached hydrogens (primary N) is 2. The van der Waals surface area contributed by atoms with E-state index < -0.39 is 5.91 Å². The van der Waals surface area contributed by atoms with Crippen LogP contribution in [-0.2, 0) is 6.54 Å². The van der Waals surface area contributed by atoms with E-state index in [0.717, 1.165) is 16.9 Å². The molecule has 2 rings (SSSR count). The van der Waals surface area contributed by atoms with E-state index in [9.17, 15) is 4.79 Å². The van der Waals surface area contributed by atoms with Crippen molar-refractivity contribution in [1.29, 1.82) is 0 Å². The quantitative estimate of drug-likeness (QED) is 0.750. The van der Waals surface area contributed by atoms with Crippen molar-refractivity contribution in [2.75, 3.05) is 11.1 Å². The molecule has 0 saturated heterocycles. The first-order valence-corrected chi connectivity index (χ1v) is 6.12. The van der Waals surface area contributed by atoms with E-state index in [2.05, 4.69) is 5.32 Å². The van der Waals surface area contributed by atoms with Gasteiger partial charge in [-0.3, -0.25) is 4.79 Å². The molecule has 19 heavy (non-hydrogen) atoms. The van der Waals surface area contributed by atoms with Gasteiger partial charge < -0.3 is 16.8 Å². The minimum absolute atomic E-state index is 0.312. The topological polar surface area (TPSA) is 81.1 Å². The number of rotatable bonds is 4. The average Bonchev–Trinajstić information content (AvgIpc) is 2.37. The molecule has 5 heteroatoms. The van der Waals surface area contributed by atoms with Crippen molar-refractivity contribution in [2.24, 2.45) is 5.73 Å². The predicted octanol–water partition coefficient (Wildman–Crippen LogP) is 2.63. The maximum Gasteiger partial charge on any atom is 0.250 e. The molecule has 1 amide bonds. The van der Waals surface area contributed by atoms with E-state index in [0.29, 0.717) is 17.1 Å². The van der Waals surface area contributed by atoms with Gasteiger partial charge in [0.1, 0.15) is 0 Å². The summed E-state index contributed by atoms with van der Waals surface area (Å²) in [5, 5.41) is 3.52. The van der Waals surface area contributed by atoms with Gasteiger partial charge in [0.05, 0.1) is 10.6 Å². The van der Waals surface area contributed by atoms with Gasteiger partial charge in [0.25, 0.3) is 0 Å². The third kappa shape index (κ3) is 3.17. The third-order valence-electron chi connectivity index (χ3n) is 2.77. The van der Waals surface area contributed by atoms with Gasteiger partial charge in [-0.25, -0.2) is 0 Å². The van der Waals surface area contributed by atoms with Gasteiger partial charge in [0.2, 0.25) is 5.91 Å². The van der Waals surface area contributed by atoms with Gasteiger partial charge in [-0.05, 0) is 29.8 Å². The highest BCUT2D eigenvalue weighted by molar-refractivity contribution is 6.34. The Hall–Kier alpha value is -2.20. The zero-order chi connectivity index (χ0) is 13.8. The van der Waals surface area contributed by atoms with Crippen LogP contribution in [-0.4, -0.2) is 5.91 Å². The molecule has 0 radical (unpaired) electrons. The van der Waals surface area contributed by atoms with Gasteiger partial charge in [0, 0.05) is 17.9 Å². The molecule has 0 aliphatic carbocycles. The molecule has 98 valence electrons. The molecular formula is C14H14ClN3O. The van der Waals surface area contributed by atoms with E-state index in [4.69, 9.17) is 23.1 Å². The highest BCUT2D eigenvalue weighted by Crippen LogP contribution is 2.21. The SMILES string of the molecule is NC(=O)c1ccc(NCc2ccccc2N)cc1Cl. The van der Waals surface area contributed by atoms with Gasteiger partial charge in [-0.2, -0.15) is 0 Å². The molecule has 5 N–H and O–H groups in total. The summed E-state index contributed by atoms with van der Waals surface area (Å²) in [7, 11) is 0. The molecule has 2 aromatic carbocycles. The first kappa shape index (κ1) is 13.2. The predicted molar refractivity (Wildman–Crippen MR) is 78.2 cm³/mol. The Balaban J connectivity index is 2.11. The second kappa shape index (κ2) is 5.63. The van der Waals surface area contributed by atoms with Crippen LogP contribution in [0.4, 0.5) is 11.4 Å². The molecule has 0 aromatic heterocycles. The van der Waals surface area contributed by atoms with Crippen LogP contribution < -0.4 is 16.8 Å². The number of anilines is 2. The van der Waals surface area contributed by atoms with E-state index in [-0.39, 0.29) is 0 Å². The van der Waals surface area contributed by atoms with Crippen molar-refractivity contribution in [3.63, 3.8) is 0 Å². The number of halogens is 1. The van der Waals surface area contributed by atoms with Crippen molar-refractivity contribution >= 4 is 28.9 Å². The first-order chi connectivity index (χ1) is 9.08. The maximum absolute atomic E-state index is 11.1. The number of amides is 1. The number of para-hydroxylation sites is 1. The summed E-state index contributed by atoms with van der Waals surface area (Å²) in [4.78, 5) is 11.1. The molecule has 0 heterocycles. The molecule has 0 saturated carbocycles. The molecule has 0 fully saturated rings. The number of hydrogen-bond donors (Lipinski definition) is 3. The van der Waals surface area contributed by atoms with E-state index in [1.54, 1.807) is 18.2 Å². The minimum Gasteiger partial charge on any atom is -0.398 e. The second-order valence-electron chi connectivity index (χ2n) is 4.11. The standard InChI is InChI=1S/C14H14ClN3O/c15-12-7-10(5-6-11(12)14(17)19)18-8-9-3-1-2-4-13(9)16/h1-7,18H,8,16H2,(H2,17,19). The van der Waals surface area contributed by atoms with Crippen molar-refractivity contribution in [3.8, 4) is 0 Å². The lowest BCUT2D eigenvalue weighted by molar-refractivity contribution is 0.100. The third-order valence-corrected chi connectivity index (χ3v) is 3.09. The van der Waals surface area contributed by atoms with Crippen LogP contribution in [0.2, 0.25) is 5.02 Å². The first-order valence-electron chi connectivity index (χ1n) is 5.74. The normalized spacial score (nSPS) is 10.2. The van der Waals surface area contributed by atoms with Gasteiger partial charge >= 0.3 is 0 Å². The summed E-state index contributed by atoms with van der Waals surface area (Å²) in [5.41, 5.74) is 13.9. The van der Waals surface area contributed by atoms with Crippen LogP contribution in [0.1, 0.15) is 15.9 Å². The Kier molecular flexibility index (Phi) is 3.92. The molecule has 0 aliphatic rings. The average molecular weight is 276 g/mol. The number of benzene rings is 2. The van der Waals surface area contributed by atoms with Crippen LogP contribution in [0.3, 0.4) is 0 Å². The summed E-state index contributed by atoms with van der Waals surface area (Å²) in [6, 6.07) is 12.6. The Morgan fingerprint density at radius 2 is 1.95 bits per heavy atom. The van der Waals surface area contributed by atoms with Crippen molar-refractivity contribution < 1.29 is 4.79 Å². The summed E-state index contributed by atoms with van der Waals surface area (Å²) in [6.45, 7) is 0.582. The number of primary amides is 1. The zero-order valence-electron chi connectivity index (χ0n) is 10.2. The Labute approximate surface area is 116 Å². The summed E-state index contributed by atoms with van der Waals surface area (Å²) < 4.78 is 0. The highest BCUT2D eigenvalue weighted by Gasteiger charge is 2.07. The van der Waals surface area contributed by atoms with Crippen LogP contribution in [0.25, 0.3) is 0 Å². The Bertz CT molecular complexity index is 613. The summed E-state index contributed by atoms with van der Waals surface area (Å²) in [5.74, 6) is -0.538. The number of nitrogen functional groups attached to an aromatic ring is 1. The monoisotopic (exact) mass is 275 g/mol. The lowest BCUT2D eigenvalue weighted by atomic mass is 10.1. The summed E-state index contributed by atoms with van der Waals surface area (Å²) in [6.07, 6.45) is 0. The summed E-state index contributed by atoms with van der Waals surface area (Å²) >= 11 is 5.97. The zero-order valence-corrected chi connectivity index (χ0v) is 10.9. The van der Waals surface area contributed by atoms with E-state index >= 15 is 0 Å². The fourth-order valence-electron chi connectivity index (χ4n) is 1.72. The lowest BCUT2D eigenvalue weighted by Gasteiger charge is -2.10. The van der Waals surface area contributed by atoms with E-state index in [1.807, 2.05) is 24.3 Å². The van der Waals surface area contributed by atoms with E-state index in [1.165, 1.54) is 0 Å². The largest absolute Gasteiger partial charge is 0.398 e. The number of nitrogens with one attached hydrogen (secondary N) is 1. The number of hydrogen-bond acceptors (Lipinski definition) is 3. The molecular weight excluding hydrogens is 262 g/mol. The maximum atomic E-state index is 11.1. The fraction of sp³-hybridized carbons (Fsp3) is 0.0714. The molecule has 0 bridgehead atoms. The lowest BCUT2D eigenvalue weighted by Crippen LogP contribution is -2.11. The van der Waals surface area contributed by atoms with Crippen molar-refractivity contribution in [2.45, 2.75) is 6.54 Å². The van der Waals surface area contributed by atoms with Crippen molar-refractivity contribution in [3.05, 3.63) is 58.6 Å². The minimum atomic E-state index is -0.538. The highest BCUT2D eigenvalue weighted by atomic mass is 35.5. The second-order valence-corrected chi connectivity index (χ2v) is 4.52. The molecule has 0 atom stereocenters. The molecule has 0 spiro atoms. The number of carbonyl (C=O) groups is 1.